The Morgan fingerprint density at radius 2 is 2.40 bits per heavy atom. The summed E-state index contributed by atoms with van der Waals surface area (Å²) < 4.78 is 0. The first kappa shape index (κ1) is 5.90. The Bertz CT molecular complexity index is 213. The Balaban J connectivity index is 2.21. The Kier molecular flexibility index (Phi) is 1.23. The van der Waals surface area contributed by atoms with Crippen molar-refractivity contribution in [1.82, 2.24) is 0 Å². The van der Waals surface area contributed by atoms with Crippen molar-refractivity contribution in [1.29, 1.82) is 0 Å². The Labute approximate surface area is 60.4 Å². The van der Waals surface area contributed by atoms with E-state index in [-0.39, 0.29) is 0 Å². The number of carbonyl (C=O) groups is 1. The van der Waals surface area contributed by atoms with Crippen LogP contribution in [0, 0.1) is 11.8 Å². The van der Waals surface area contributed by atoms with Crippen LogP contribution in [0.15, 0.2) is 23.8 Å². The van der Waals surface area contributed by atoms with Crippen molar-refractivity contribution in [2.24, 2.45) is 11.8 Å². The summed E-state index contributed by atoms with van der Waals surface area (Å²) in [6, 6.07) is 0. The minimum absolute atomic E-state index is 0.539. The number of rotatable bonds is 1. The van der Waals surface area contributed by atoms with Crippen LogP contribution < -0.4 is 0 Å². The van der Waals surface area contributed by atoms with Crippen LogP contribution in [-0.2, 0) is 4.79 Å². The van der Waals surface area contributed by atoms with Gasteiger partial charge in [-0.1, -0.05) is 18.2 Å². The molecule has 2 rings (SSSR count). The van der Waals surface area contributed by atoms with E-state index in [0.29, 0.717) is 11.8 Å². The van der Waals surface area contributed by atoms with Gasteiger partial charge in [0.15, 0.2) is 0 Å². The average molecular weight is 134 g/mol. The number of allylic oxidation sites excluding steroid dienone is 4. The molecule has 0 radical (unpaired) electrons. The van der Waals surface area contributed by atoms with Crippen LogP contribution in [0.1, 0.15) is 12.8 Å². The molecule has 1 nitrogen and oxygen atoms in total. The zero-order valence-corrected chi connectivity index (χ0v) is 5.79. The standard InChI is InChI=1S/C9H10O/c10-6-8-5-4-7-2-1-3-9(7)8/h1-2,5-7,9H,3-4H2/t7-,9-/m1/s1. The highest BCUT2D eigenvalue weighted by molar-refractivity contribution is 5.75. The molecule has 0 unspecified atom stereocenters. The minimum Gasteiger partial charge on any atom is -0.298 e. The molecule has 1 heteroatoms. The maximum Gasteiger partial charge on any atom is 0.146 e. The fourth-order valence-electron chi connectivity index (χ4n) is 1.89. The molecule has 0 fully saturated rings. The van der Waals surface area contributed by atoms with E-state index in [9.17, 15) is 4.79 Å². The molecule has 2 aliphatic carbocycles. The van der Waals surface area contributed by atoms with E-state index in [1.807, 2.05) is 0 Å². The molecule has 0 saturated heterocycles. The third-order valence-corrected chi connectivity index (χ3v) is 2.48. The van der Waals surface area contributed by atoms with Gasteiger partial charge in [0.25, 0.3) is 0 Å². The third kappa shape index (κ3) is 0.666. The second kappa shape index (κ2) is 2.08. The van der Waals surface area contributed by atoms with Crippen LogP contribution in [-0.4, -0.2) is 6.29 Å². The Morgan fingerprint density at radius 1 is 1.50 bits per heavy atom. The first-order valence-corrected chi connectivity index (χ1v) is 3.73. The Morgan fingerprint density at radius 3 is 3.20 bits per heavy atom. The smallest absolute Gasteiger partial charge is 0.146 e. The van der Waals surface area contributed by atoms with Crippen LogP contribution in [0.4, 0.5) is 0 Å². The topological polar surface area (TPSA) is 17.1 Å². The molecular weight excluding hydrogens is 124 g/mol. The van der Waals surface area contributed by atoms with E-state index in [2.05, 4.69) is 18.2 Å². The molecule has 0 heterocycles. The predicted molar refractivity (Wildman–Crippen MR) is 39.5 cm³/mol. The number of hydrogen-bond acceptors (Lipinski definition) is 1. The summed E-state index contributed by atoms with van der Waals surface area (Å²) in [4.78, 5) is 10.5. The maximum absolute atomic E-state index is 10.5. The fraction of sp³-hybridized carbons (Fsp3) is 0.444. The van der Waals surface area contributed by atoms with E-state index in [0.717, 1.165) is 24.7 Å². The van der Waals surface area contributed by atoms with Gasteiger partial charge in [0.05, 0.1) is 0 Å². The number of hydrogen-bond donors (Lipinski definition) is 0. The van der Waals surface area contributed by atoms with Gasteiger partial charge >= 0.3 is 0 Å². The van der Waals surface area contributed by atoms with Gasteiger partial charge < -0.3 is 0 Å². The van der Waals surface area contributed by atoms with Gasteiger partial charge in [0, 0.05) is 0 Å². The van der Waals surface area contributed by atoms with Crippen LogP contribution in [0.5, 0.6) is 0 Å². The monoisotopic (exact) mass is 134 g/mol. The normalized spacial score (nSPS) is 35.8. The van der Waals surface area contributed by atoms with Gasteiger partial charge in [0.2, 0.25) is 0 Å². The highest BCUT2D eigenvalue weighted by Crippen LogP contribution is 2.38. The molecule has 0 bridgehead atoms. The maximum atomic E-state index is 10.5. The summed E-state index contributed by atoms with van der Waals surface area (Å²) in [6.07, 6.45) is 9.66. The van der Waals surface area contributed by atoms with E-state index < -0.39 is 0 Å². The summed E-state index contributed by atoms with van der Waals surface area (Å²) in [5.74, 6) is 1.19. The van der Waals surface area contributed by atoms with Crippen molar-refractivity contribution >= 4 is 6.29 Å². The second-order valence-electron chi connectivity index (χ2n) is 2.99. The second-order valence-corrected chi connectivity index (χ2v) is 2.99. The summed E-state index contributed by atoms with van der Waals surface area (Å²) in [5.41, 5.74) is 1.02. The predicted octanol–water partition coefficient (Wildman–Crippen LogP) is 1.71. The molecule has 0 aromatic carbocycles. The summed E-state index contributed by atoms with van der Waals surface area (Å²) in [5, 5.41) is 0. The van der Waals surface area contributed by atoms with Gasteiger partial charge in [-0.05, 0) is 30.3 Å². The molecule has 0 saturated carbocycles. The lowest BCUT2D eigenvalue weighted by Gasteiger charge is -2.08. The van der Waals surface area contributed by atoms with Gasteiger partial charge in [0.1, 0.15) is 6.29 Å². The molecule has 0 aliphatic heterocycles. The van der Waals surface area contributed by atoms with E-state index in [1.54, 1.807) is 0 Å². The lowest BCUT2D eigenvalue weighted by Crippen LogP contribution is -2.03. The molecule has 0 aromatic rings. The third-order valence-electron chi connectivity index (χ3n) is 2.48. The van der Waals surface area contributed by atoms with Gasteiger partial charge in [-0.2, -0.15) is 0 Å². The van der Waals surface area contributed by atoms with Crippen molar-refractivity contribution in [3.63, 3.8) is 0 Å². The van der Waals surface area contributed by atoms with Gasteiger partial charge in [-0.3, -0.25) is 4.79 Å². The zero-order valence-electron chi connectivity index (χ0n) is 5.79. The average Bonchev–Trinajstić information content (AvgIpc) is 2.44. The van der Waals surface area contributed by atoms with Crippen LogP contribution >= 0.6 is 0 Å². The van der Waals surface area contributed by atoms with E-state index in [4.69, 9.17) is 0 Å². The quantitative estimate of drug-likeness (QED) is 0.394. The molecule has 2 atom stereocenters. The van der Waals surface area contributed by atoms with Gasteiger partial charge in [-0.25, -0.2) is 0 Å². The SMILES string of the molecule is O=CC1=CC[C@H]2C=CC[C@@H]12. The van der Waals surface area contributed by atoms with Crippen LogP contribution in [0.2, 0.25) is 0 Å². The number of carbonyl (C=O) groups excluding carboxylic acids is 1. The van der Waals surface area contributed by atoms with Crippen LogP contribution in [0.25, 0.3) is 0 Å². The molecule has 0 amide bonds. The van der Waals surface area contributed by atoms with Crippen LogP contribution in [0.3, 0.4) is 0 Å². The van der Waals surface area contributed by atoms with Crippen molar-refractivity contribution in [2.75, 3.05) is 0 Å². The highest BCUT2D eigenvalue weighted by atomic mass is 16.1. The minimum atomic E-state index is 0.539. The highest BCUT2D eigenvalue weighted by Gasteiger charge is 2.29. The fourth-order valence-corrected chi connectivity index (χ4v) is 1.89. The van der Waals surface area contributed by atoms with Crippen molar-refractivity contribution in [2.45, 2.75) is 12.8 Å². The van der Waals surface area contributed by atoms with E-state index in [1.165, 1.54) is 0 Å². The largest absolute Gasteiger partial charge is 0.298 e. The zero-order chi connectivity index (χ0) is 6.97. The van der Waals surface area contributed by atoms with E-state index >= 15 is 0 Å². The van der Waals surface area contributed by atoms with Crippen molar-refractivity contribution in [3.05, 3.63) is 23.8 Å². The molecule has 2 aliphatic rings. The van der Waals surface area contributed by atoms with Crippen molar-refractivity contribution in [3.8, 4) is 0 Å². The molecule has 0 spiro atoms. The summed E-state index contributed by atoms with van der Waals surface area (Å²) >= 11 is 0. The number of aldehydes is 1. The van der Waals surface area contributed by atoms with Crippen molar-refractivity contribution < 1.29 is 4.79 Å². The molecule has 10 heavy (non-hydrogen) atoms. The first-order chi connectivity index (χ1) is 4.92. The molecule has 0 N–H and O–H groups in total. The molecular formula is C9H10O. The first-order valence-electron chi connectivity index (χ1n) is 3.73. The lowest BCUT2D eigenvalue weighted by atomic mass is 9.95. The summed E-state index contributed by atoms with van der Waals surface area (Å²) in [7, 11) is 0. The number of fused-ring (bicyclic) bond motifs is 1. The molecule has 0 aromatic heterocycles. The summed E-state index contributed by atoms with van der Waals surface area (Å²) in [6.45, 7) is 0. The van der Waals surface area contributed by atoms with Gasteiger partial charge in [-0.15, -0.1) is 0 Å². The lowest BCUT2D eigenvalue weighted by molar-refractivity contribution is -0.105. The molecule has 52 valence electrons. The Hall–Kier alpha value is -0.850.